The van der Waals surface area contributed by atoms with Gasteiger partial charge in [-0.05, 0) is 213 Å². The topological polar surface area (TPSA) is 45.2 Å². The van der Waals surface area contributed by atoms with Crippen molar-refractivity contribution in [2.45, 2.75) is 157 Å². The largest absolute Gasteiger partial charge is 0.371 e. The molecule has 8 heteroatoms. The molecule has 6 saturated heterocycles. The van der Waals surface area contributed by atoms with Gasteiger partial charge in [0.15, 0.2) is 0 Å². The van der Waals surface area contributed by atoms with Crippen molar-refractivity contribution in [1.29, 1.82) is 0 Å². The molecule has 9 rings (SSSR count). The molecule has 0 amide bonds. The molecule has 0 bridgehead atoms. The molecule has 6 aliphatic rings. The molecule has 0 aliphatic carbocycles. The Morgan fingerprint density at radius 3 is 1.08 bits per heavy atom. The maximum absolute atomic E-state index is 4.50. The van der Waals surface area contributed by atoms with Crippen LogP contribution in [-0.4, -0.2) is 120 Å². The second kappa shape index (κ2) is 19.0. The molecule has 8 heterocycles. The number of para-hydroxylation sites is 1. The first-order valence-electron chi connectivity index (χ1n) is 25.1. The van der Waals surface area contributed by atoms with Gasteiger partial charge in [-0.3, -0.25) is 24.7 Å². The molecule has 6 aliphatic heterocycles. The first-order chi connectivity index (χ1) is 29.6. The third-order valence-corrected chi connectivity index (χ3v) is 16.4. The molecule has 0 unspecified atom stereocenters. The number of nitrogens with zero attached hydrogens (tertiary/aromatic N) is 8. The Balaban J connectivity index is 0.000000142. The van der Waals surface area contributed by atoms with Gasteiger partial charge >= 0.3 is 0 Å². The van der Waals surface area contributed by atoms with Gasteiger partial charge in [0.05, 0.1) is 0 Å². The molecule has 0 saturated carbocycles. The van der Waals surface area contributed by atoms with Gasteiger partial charge in [0.2, 0.25) is 0 Å². The Morgan fingerprint density at radius 2 is 0.730 bits per heavy atom. The number of hydrogen-bond acceptors (Lipinski definition) is 8. The van der Waals surface area contributed by atoms with Gasteiger partial charge in [-0.1, -0.05) is 18.2 Å². The monoisotopic (exact) mass is 861 g/mol. The summed E-state index contributed by atoms with van der Waals surface area (Å²) in [7, 11) is 0. The van der Waals surface area contributed by atoms with Crippen LogP contribution in [0.3, 0.4) is 0 Å². The molecular formula is C55H88N8. The third kappa shape index (κ3) is 12.0. The van der Waals surface area contributed by atoms with Crippen molar-refractivity contribution in [2.75, 3.05) is 93.2 Å². The Morgan fingerprint density at radius 1 is 0.397 bits per heavy atom. The second-order valence-corrected chi connectivity index (χ2v) is 24.1. The van der Waals surface area contributed by atoms with Gasteiger partial charge < -0.3 is 14.7 Å². The van der Waals surface area contributed by atoms with Crippen molar-refractivity contribution in [3.05, 3.63) is 77.9 Å². The van der Waals surface area contributed by atoms with E-state index in [0.29, 0.717) is 32.9 Å². The maximum Gasteiger partial charge on any atom is 0.0402 e. The highest BCUT2D eigenvalue weighted by atomic mass is 15.2. The summed E-state index contributed by atoms with van der Waals surface area (Å²) in [5.41, 5.74) is 10.2. The van der Waals surface area contributed by atoms with Crippen LogP contribution in [0.2, 0.25) is 0 Å². The van der Waals surface area contributed by atoms with E-state index in [-0.39, 0.29) is 0 Å². The summed E-state index contributed by atoms with van der Waals surface area (Å²) >= 11 is 0. The number of likely N-dealkylation sites (tertiary alicyclic amines) is 3. The van der Waals surface area contributed by atoms with Crippen molar-refractivity contribution in [3.8, 4) is 0 Å². The van der Waals surface area contributed by atoms with Crippen LogP contribution in [0, 0.1) is 37.0 Å². The second-order valence-electron chi connectivity index (χ2n) is 24.1. The van der Waals surface area contributed by atoms with Crippen molar-refractivity contribution >= 4 is 17.1 Å². The van der Waals surface area contributed by atoms with Crippen LogP contribution >= 0.6 is 0 Å². The molecule has 3 spiro atoms. The lowest BCUT2D eigenvalue weighted by atomic mass is 9.77. The number of hydrogen-bond donors (Lipinski definition) is 0. The fourth-order valence-electron chi connectivity index (χ4n) is 11.8. The molecule has 0 radical (unpaired) electrons. The number of aryl methyl sites for hydroxylation is 3. The Hall–Kier alpha value is -3.20. The predicted octanol–water partition coefficient (Wildman–Crippen LogP) is 11.0. The molecule has 0 N–H and O–H groups in total. The number of piperidine rings is 3. The van der Waals surface area contributed by atoms with Crippen molar-refractivity contribution in [3.63, 3.8) is 0 Å². The maximum atomic E-state index is 4.50. The van der Waals surface area contributed by atoms with Crippen LogP contribution in [0.5, 0.6) is 0 Å². The number of rotatable bonds is 3. The summed E-state index contributed by atoms with van der Waals surface area (Å²) in [4.78, 5) is 24.5. The van der Waals surface area contributed by atoms with Crippen LogP contribution in [0.1, 0.15) is 137 Å². The average Bonchev–Trinajstić information content (AvgIpc) is 3.98. The molecule has 2 aromatic heterocycles. The van der Waals surface area contributed by atoms with E-state index in [2.05, 4.69) is 177 Å². The molecule has 1 aromatic carbocycles. The Kier molecular flexibility index (Phi) is 14.4. The number of benzene rings is 1. The SMILES string of the molecule is CC(C)(C)N1CCC2(CCN(c3ccccc3)CC2)C1.Cc1cc(N2CCC3(CC2)CCN(C(C)(C)C)C3)cc(C)n1.Cc1cc(N2CCC3(CC2)CCN(C(C)(C)C)C3)ccn1. The zero-order valence-corrected chi connectivity index (χ0v) is 42.2. The number of pyridine rings is 2. The molecule has 6 fully saturated rings. The van der Waals surface area contributed by atoms with Crippen molar-refractivity contribution < 1.29 is 0 Å². The van der Waals surface area contributed by atoms with Crippen molar-refractivity contribution in [1.82, 2.24) is 24.7 Å². The van der Waals surface area contributed by atoms with E-state index in [1.54, 1.807) is 0 Å². The summed E-state index contributed by atoms with van der Waals surface area (Å²) in [5.74, 6) is 0. The lowest BCUT2D eigenvalue weighted by Crippen LogP contribution is -2.45. The predicted molar refractivity (Wildman–Crippen MR) is 269 cm³/mol. The molecule has 348 valence electrons. The van der Waals surface area contributed by atoms with E-state index in [4.69, 9.17) is 0 Å². The quantitative estimate of drug-likeness (QED) is 0.258. The summed E-state index contributed by atoms with van der Waals surface area (Å²) in [6, 6.07) is 19.7. The molecule has 63 heavy (non-hydrogen) atoms. The highest BCUT2D eigenvalue weighted by Crippen LogP contribution is 2.46. The lowest BCUT2D eigenvalue weighted by molar-refractivity contribution is 0.135. The van der Waals surface area contributed by atoms with Crippen molar-refractivity contribution in [2.24, 2.45) is 16.2 Å². The highest BCUT2D eigenvalue weighted by Gasteiger charge is 2.45. The third-order valence-electron chi connectivity index (χ3n) is 16.4. The standard InChI is InChI=1S/C19H31N3.C18H29N3.C18H28N2/c1-15-12-17(13-16(2)20-15)21-9-6-19(7-10-21)8-11-22(14-19)18(3,4)5;1-15-13-16(5-9-19-15)20-10-6-18(7-11-20)8-12-21(14-18)17(2,3)4;1-17(2,3)20-14-11-18(15-20)9-12-19(13-10-18)16-7-5-4-6-8-16/h12-13H,6-11,14H2,1-5H3;5,9,13H,6-8,10-12,14H2,1-4H3;4-8H,9-15H2,1-3H3. The van der Waals surface area contributed by atoms with E-state index in [1.165, 1.54) is 153 Å². The van der Waals surface area contributed by atoms with Crippen LogP contribution in [0.4, 0.5) is 17.1 Å². The van der Waals surface area contributed by atoms with Gasteiger partial charge in [0.1, 0.15) is 0 Å². The Labute approximate surface area is 385 Å². The summed E-state index contributed by atoms with van der Waals surface area (Å²) in [6.45, 7) is 42.4. The van der Waals surface area contributed by atoms with Gasteiger partial charge in [-0.15, -0.1) is 0 Å². The zero-order valence-electron chi connectivity index (χ0n) is 42.2. The van der Waals surface area contributed by atoms with E-state index < -0.39 is 0 Å². The van der Waals surface area contributed by atoms with E-state index in [9.17, 15) is 0 Å². The van der Waals surface area contributed by atoms with Crippen LogP contribution in [0.25, 0.3) is 0 Å². The van der Waals surface area contributed by atoms with E-state index in [0.717, 1.165) is 17.1 Å². The fourth-order valence-corrected chi connectivity index (χ4v) is 11.8. The molecule has 3 aromatic rings. The van der Waals surface area contributed by atoms with Gasteiger partial charge in [-0.2, -0.15) is 0 Å². The minimum Gasteiger partial charge on any atom is -0.371 e. The molecule has 8 nitrogen and oxygen atoms in total. The summed E-state index contributed by atoms with van der Waals surface area (Å²) in [6.07, 6.45) is 14.1. The van der Waals surface area contributed by atoms with Crippen LogP contribution in [0.15, 0.2) is 60.8 Å². The zero-order chi connectivity index (χ0) is 45.3. The summed E-state index contributed by atoms with van der Waals surface area (Å²) in [5, 5.41) is 0. The van der Waals surface area contributed by atoms with Crippen LogP contribution in [-0.2, 0) is 0 Å². The van der Waals surface area contributed by atoms with E-state index >= 15 is 0 Å². The number of anilines is 3. The molecule has 0 atom stereocenters. The van der Waals surface area contributed by atoms with Gasteiger partial charge in [0.25, 0.3) is 0 Å². The average molecular weight is 861 g/mol. The fraction of sp³-hybridized carbons (Fsp3) is 0.709. The van der Waals surface area contributed by atoms with Gasteiger partial charge in [0, 0.05) is 116 Å². The normalized spacial score (nSPS) is 23.0. The minimum atomic E-state index is 0.319. The highest BCUT2D eigenvalue weighted by molar-refractivity contribution is 5.49. The first kappa shape index (κ1) is 47.8. The Bertz CT molecular complexity index is 1890. The lowest BCUT2D eigenvalue weighted by Gasteiger charge is -2.42. The number of aromatic nitrogens is 2. The minimum absolute atomic E-state index is 0.319. The first-order valence-corrected chi connectivity index (χ1v) is 25.1. The smallest absolute Gasteiger partial charge is 0.0402 e. The van der Waals surface area contributed by atoms with Gasteiger partial charge in [-0.25, -0.2) is 0 Å². The van der Waals surface area contributed by atoms with Crippen LogP contribution < -0.4 is 14.7 Å². The molecular weight excluding hydrogens is 773 g/mol. The van der Waals surface area contributed by atoms with E-state index in [1.807, 2.05) is 6.20 Å². The summed E-state index contributed by atoms with van der Waals surface area (Å²) < 4.78 is 0.